The fourth-order valence-corrected chi connectivity index (χ4v) is 9.06. The zero-order chi connectivity index (χ0) is 26.3. The van der Waals surface area contributed by atoms with Crippen LogP contribution in [0.25, 0.3) is 10.2 Å². The standard InChI is InChI=1S/C30H34FN3O4S/c31-23-11-17(28(35)36)12-24-26(23)32-29(39-24)34-18-6-7-19(34)14-20(13-18)37-15-21-25(33-38-27(21)16-4-5-16)22-3-1-2-8-30(22)9-10-30/h11-12,16,18-20,22H,1-10,13-15H2,(H,35,36). The third-order valence-corrected chi connectivity index (χ3v) is 11.3. The molecule has 2 bridgehead atoms. The molecule has 4 heterocycles. The van der Waals surface area contributed by atoms with Crippen LogP contribution in [0.1, 0.15) is 116 Å². The number of rotatable bonds is 7. The van der Waals surface area contributed by atoms with Gasteiger partial charge in [0.05, 0.1) is 28.7 Å². The van der Waals surface area contributed by atoms with Gasteiger partial charge in [0.2, 0.25) is 0 Å². The number of benzene rings is 1. The average Bonchev–Trinajstić information content (AvgIpc) is 3.80. The summed E-state index contributed by atoms with van der Waals surface area (Å²) in [5.41, 5.74) is 3.15. The van der Waals surface area contributed by atoms with E-state index in [1.54, 1.807) is 0 Å². The summed E-state index contributed by atoms with van der Waals surface area (Å²) in [6.45, 7) is 0.589. The number of fused-ring (bicyclic) bond motifs is 3. The lowest BCUT2D eigenvalue weighted by molar-refractivity contribution is 0.0139. The van der Waals surface area contributed by atoms with Crippen molar-refractivity contribution in [2.24, 2.45) is 5.41 Å². The molecule has 0 amide bonds. The highest BCUT2D eigenvalue weighted by Gasteiger charge is 2.53. The van der Waals surface area contributed by atoms with Gasteiger partial charge in [-0.3, -0.25) is 0 Å². The fourth-order valence-electron chi connectivity index (χ4n) is 7.90. The molecule has 2 saturated heterocycles. The zero-order valence-electron chi connectivity index (χ0n) is 22.0. The van der Waals surface area contributed by atoms with E-state index in [0.29, 0.717) is 40.6 Å². The number of ether oxygens (including phenoxy) is 1. The molecule has 7 nitrogen and oxygen atoms in total. The highest BCUT2D eigenvalue weighted by molar-refractivity contribution is 7.22. The predicted octanol–water partition coefficient (Wildman–Crippen LogP) is 7.15. The predicted molar refractivity (Wildman–Crippen MR) is 145 cm³/mol. The molecule has 8 rings (SSSR count). The minimum Gasteiger partial charge on any atom is -0.478 e. The van der Waals surface area contributed by atoms with Crippen LogP contribution in [0, 0.1) is 11.2 Å². The molecule has 5 aliphatic rings. The Bertz CT molecular complexity index is 1430. The first-order valence-electron chi connectivity index (χ1n) is 14.7. The van der Waals surface area contributed by atoms with Gasteiger partial charge in [0.15, 0.2) is 10.9 Å². The van der Waals surface area contributed by atoms with Crippen LogP contribution in [0.4, 0.5) is 9.52 Å². The molecule has 5 fully saturated rings. The maximum Gasteiger partial charge on any atom is 0.335 e. The average molecular weight is 552 g/mol. The topological polar surface area (TPSA) is 88.7 Å². The van der Waals surface area contributed by atoms with Crippen LogP contribution in [0.3, 0.4) is 0 Å². The SMILES string of the molecule is O=C(O)c1cc(F)c2nc(N3C4CCC3CC(OCc3c(C5CCCCC56CC6)noc3C3CC3)C4)sc2c1. The van der Waals surface area contributed by atoms with Crippen molar-refractivity contribution in [3.63, 3.8) is 0 Å². The van der Waals surface area contributed by atoms with Gasteiger partial charge >= 0.3 is 5.97 Å². The molecule has 3 aromatic rings. The molecule has 3 aliphatic carbocycles. The zero-order valence-corrected chi connectivity index (χ0v) is 22.9. The van der Waals surface area contributed by atoms with E-state index in [1.165, 1.54) is 80.0 Å². The van der Waals surface area contributed by atoms with Crippen molar-refractivity contribution >= 4 is 32.7 Å². The van der Waals surface area contributed by atoms with Crippen LogP contribution in [0.15, 0.2) is 16.7 Å². The van der Waals surface area contributed by atoms with Crippen LogP contribution in [0.2, 0.25) is 0 Å². The molecular weight excluding hydrogens is 517 g/mol. The number of hydrogen-bond donors (Lipinski definition) is 1. The van der Waals surface area contributed by atoms with Gasteiger partial charge in [-0.1, -0.05) is 29.3 Å². The van der Waals surface area contributed by atoms with Crippen LogP contribution in [0.5, 0.6) is 0 Å². The summed E-state index contributed by atoms with van der Waals surface area (Å²) in [6.07, 6.45) is 14.4. The summed E-state index contributed by atoms with van der Waals surface area (Å²) in [6, 6.07) is 3.20. The molecule has 9 heteroatoms. The van der Waals surface area contributed by atoms with Gasteiger partial charge in [-0.15, -0.1) is 0 Å². The molecule has 206 valence electrons. The van der Waals surface area contributed by atoms with Gasteiger partial charge in [-0.05, 0) is 81.8 Å². The van der Waals surface area contributed by atoms with E-state index in [1.807, 2.05) is 0 Å². The van der Waals surface area contributed by atoms with Crippen LogP contribution in [-0.4, -0.2) is 39.4 Å². The maximum absolute atomic E-state index is 14.6. The third-order valence-electron chi connectivity index (χ3n) is 10.2. The Kier molecular flexibility index (Phi) is 5.60. The highest BCUT2D eigenvalue weighted by Crippen LogP contribution is 2.63. The molecular formula is C30H34FN3O4S. The number of anilines is 1. The summed E-state index contributed by atoms with van der Waals surface area (Å²) in [5.74, 6) is 0.437. The van der Waals surface area contributed by atoms with Crippen molar-refractivity contribution < 1.29 is 23.6 Å². The fraction of sp³-hybridized carbons (Fsp3) is 0.633. The second-order valence-corrected chi connectivity index (χ2v) is 13.7. The third kappa shape index (κ3) is 4.10. The quantitative estimate of drug-likeness (QED) is 0.333. The molecule has 1 aromatic carbocycles. The highest BCUT2D eigenvalue weighted by atomic mass is 32.1. The molecule has 2 aliphatic heterocycles. The number of carbonyl (C=O) groups is 1. The van der Waals surface area contributed by atoms with Gasteiger partial charge in [0.1, 0.15) is 11.3 Å². The lowest BCUT2D eigenvalue weighted by Gasteiger charge is -2.38. The Morgan fingerprint density at radius 3 is 2.64 bits per heavy atom. The number of piperidine rings is 1. The van der Waals surface area contributed by atoms with E-state index in [0.717, 1.165) is 42.6 Å². The maximum atomic E-state index is 14.6. The molecule has 3 atom stereocenters. The van der Waals surface area contributed by atoms with Gasteiger partial charge in [0.25, 0.3) is 0 Å². The first-order valence-corrected chi connectivity index (χ1v) is 15.5. The van der Waals surface area contributed by atoms with E-state index in [2.05, 4.69) is 9.88 Å². The number of hydrogen-bond acceptors (Lipinski definition) is 7. The summed E-state index contributed by atoms with van der Waals surface area (Å²) >= 11 is 1.40. The Hall–Kier alpha value is -2.52. The van der Waals surface area contributed by atoms with Gasteiger partial charge in [0, 0.05) is 29.5 Å². The van der Waals surface area contributed by atoms with Gasteiger partial charge < -0.3 is 19.3 Å². The van der Waals surface area contributed by atoms with Crippen molar-refractivity contribution in [2.45, 2.75) is 114 Å². The van der Waals surface area contributed by atoms with Crippen LogP contribution in [-0.2, 0) is 11.3 Å². The van der Waals surface area contributed by atoms with E-state index >= 15 is 0 Å². The Morgan fingerprint density at radius 1 is 1.13 bits per heavy atom. The first-order chi connectivity index (χ1) is 19.0. The molecule has 1 N–H and O–H groups in total. The molecule has 3 unspecified atom stereocenters. The summed E-state index contributed by atoms with van der Waals surface area (Å²) in [4.78, 5) is 18.4. The van der Waals surface area contributed by atoms with Crippen molar-refractivity contribution in [1.29, 1.82) is 0 Å². The number of aromatic carboxylic acids is 1. The molecule has 1 spiro atoms. The number of carboxylic acids is 1. The van der Waals surface area contributed by atoms with Crippen LogP contribution < -0.4 is 4.90 Å². The van der Waals surface area contributed by atoms with Crippen molar-refractivity contribution in [3.8, 4) is 0 Å². The summed E-state index contributed by atoms with van der Waals surface area (Å²) in [5, 5.41) is 14.8. The molecule has 0 radical (unpaired) electrons. The van der Waals surface area contributed by atoms with Gasteiger partial charge in [-0.2, -0.15) is 0 Å². The van der Waals surface area contributed by atoms with Crippen molar-refractivity contribution in [1.82, 2.24) is 10.1 Å². The number of halogens is 1. The van der Waals surface area contributed by atoms with Crippen molar-refractivity contribution in [2.75, 3.05) is 4.90 Å². The lowest BCUT2D eigenvalue weighted by atomic mass is 9.73. The molecule has 3 saturated carbocycles. The number of aromatic nitrogens is 2. The minimum absolute atomic E-state index is 0.0372. The normalized spacial score (nSPS) is 29.4. The monoisotopic (exact) mass is 551 g/mol. The molecule has 39 heavy (non-hydrogen) atoms. The summed E-state index contributed by atoms with van der Waals surface area (Å²) in [7, 11) is 0. The summed E-state index contributed by atoms with van der Waals surface area (Å²) < 4.78 is 27.9. The van der Waals surface area contributed by atoms with Crippen LogP contribution >= 0.6 is 11.3 Å². The van der Waals surface area contributed by atoms with E-state index in [4.69, 9.17) is 14.4 Å². The van der Waals surface area contributed by atoms with E-state index in [9.17, 15) is 14.3 Å². The largest absolute Gasteiger partial charge is 0.478 e. The number of nitrogens with zero attached hydrogens (tertiary/aromatic N) is 3. The first kappa shape index (κ1) is 24.3. The van der Waals surface area contributed by atoms with Gasteiger partial charge in [-0.25, -0.2) is 14.2 Å². The Balaban J connectivity index is 1.00. The number of carboxylic acid groups (broad SMARTS) is 1. The lowest BCUT2D eigenvalue weighted by Crippen LogP contribution is -2.45. The smallest absolute Gasteiger partial charge is 0.335 e. The van der Waals surface area contributed by atoms with E-state index in [-0.39, 0.29) is 17.2 Å². The Labute approximate surface area is 230 Å². The second kappa shape index (κ2) is 8.99. The Morgan fingerprint density at radius 2 is 1.92 bits per heavy atom. The number of thiazole rings is 1. The minimum atomic E-state index is -1.12. The van der Waals surface area contributed by atoms with Crippen molar-refractivity contribution in [3.05, 3.63) is 40.5 Å². The molecule has 2 aromatic heterocycles. The van der Waals surface area contributed by atoms with E-state index < -0.39 is 11.8 Å². The second-order valence-electron chi connectivity index (χ2n) is 12.6.